The first-order valence-corrected chi connectivity index (χ1v) is 33.5. The first-order chi connectivity index (χ1) is 50.0. The van der Waals surface area contributed by atoms with Gasteiger partial charge in [0.1, 0.15) is 50.9 Å². The van der Waals surface area contributed by atoms with Crippen molar-refractivity contribution >= 4 is 115 Å². The largest absolute Gasteiger partial charge is 0.396 e. The molecule has 0 bridgehead atoms. The highest BCUT2D eigenvalue weighted by Crippen LogP contribution is 2.29. The van der Waals surface area contributed by atoms with Crippen molar-refractivity contribution in [3.8, 4) is 0 Å². The lowest BCUT2D eigenvalue weighted by Gasteiger charge is -2.13. The van der Waals surface area contributed by atoms with Gasteiger partial charge in [0.2, 0.25) is 0 Å². The van der Waals surface area contributed by atoms with Crippen LogP contribution < -0.4 is 56.5 Å². The summed E-state index contributed by atoms with van der Waals surface area (Å²) in [7, 11) is 1.60. The Hall–Kier alpha value is -11.7. The summed E-state index contributed by atoms with van der Waals surface area (Å²) in [6.07, 6.45) is 2.37. The van der Waals surface area contributed by atoms with E-state index in [1.54, 1.807) is 75.0 Å². The molecule has 0 radical (unpaired) electrons. The molecule has 0 saturated carbocycles. The number of aromatic nitrogens is 15. The molecule has 0 aliphatic rings. The molecule has 0 aliphatic carbocycles. The van der Waals surface area contributed by atoms with Crippen LogP contribution in [0.2, 0.25) is 0 Å². The van der Waals surface area contributed by atoms with Gasteiger partial charge in [0.15, 0.2) is 5.96 Å². The van der Waals surface area contributed by atoms with E-state index >= 15 is 0 Å². The summed E-state index contributed by atoms with van der Waals surface area (Å²) < 4.78 is 67.4. The molecular weight excluding hydrogens is 1350 g/mol. The molecule has 16 N–H and O–H groups in total. The Morgan fingerprint density at radius 1 is 0.481 bits per heavy atom. The number of nitrogens with two attached hydrogens (primary N) is 5. The number of methoxy groups -OCH3 is 1. The number of aliphatic imine (C=N–C) groups is 1. The van der Waals surface area contributed by atoms with Gasteiger partial charge in [-0.2, -0.15) is 25.5 Å². The molecule has 10 aromatic heterocycles. The Bertz CT molecular complexity index is 5930. The Morgan fingerprint density at radius 3 is 1.20 bits per heavy atom. The number of aliphatic hydroxyl groups excluding tert-OH is 1. The van der Waals surface area contributed by atoms with Gasteiger partial charge in [0.25, 0.3) is 27.8 Å². The summed E-state index contributed by atoms with van der Waals surface area (Å²) in [6.45, 7) is 13.0. The molecule has 0 amide bonds. The molecule has 0 spiro atoms. The molecule has 28 nitrogen and oxygen atoms in total. The number of rotatable bonds is 17. The number of H-pyrrole nitrogens is 5. The van der Waals surface area contributed by atoms with Crippen LogP contribution in [0.25, 0.3) is 109 Å². The van der Waals surface area contributed by atoms with Crippen molar-refractivity contribution in [2.24, 2.45) is 33.7 Å². The number of pyridine rings is 5. The Balaban J connectivity index is 0.000000130. The standard InChI is InChI=1S/C16H19FN4O2.2C14H15FN4O.C14H14FN3O2.C14H16N6O/c1-23-8-5-12-14-15(20-19-12)11-9-10(17)3-4-13(11)21(16(14)22)7-2-6-18;1-7(16)6-19-11-4-3-9(15)5-10(11)13-12(14(19)20)8(2)17-18-13;1-8-12-13(18-17-8)10-7-9(15)3-4-11(10)19(14(12)20)6-2-5-16;1-8-12-13(17-16-8)10-7-9(15)3-4-11(10)18(14(12)20)5-2-6-19;1-8-11-12(19-18-8)9-4-2-3-5-10(9)20(13(11)21)7-6-17-14(15)16/h3-4,9H,2,5-8,18H2,1H3,(H,19,20);3-5,7H,6,16H2,1-2H3,(H,17,18);3-4,7H,2,5-6,16H2,1H3,(H,17,18);3-4,7,19H,2,5-6H2,1H3,(H,16,17);2-5H,6-7H2,1H3,(H,18,19)(H4,15,16,17)/t;7-;;;/m.0.../s1. The lowest BCUT2D eigenvalue weighted by atomic mass is 10.1. The van der Waals surface area contributed by atoms with E-state index in [1.165, 1.54) is 48.5 Å². The van der Waals surface area contributed by atoms with E-state index in [-0.39, 0.29) is 69.7 Å². The van der Waals surface area contributed by atoms with Gasteiger partial charge in [-0.05, 0) is 146 Å². The Kier molecular flexibility index (Phi) is 22.4. The summed E-state index contributed by atoms with van der Waals surface area (Å²) >= 11 is 0. The van der Waals surface area contributed by atoms with Gasteiger partial charge in [-0.1, -0.05) is 18.2 Å². The third-order valence-electron chi connectivity index (χ3n) is 17.7. The minimum Gasteiger partial charge on any atom is -0.396 e. The molecule has 15 aromatic rings. The van der Waals surface area contributed by atoms with E-state index in [1.807, 2.05) is 38.1 Å². The second-order valence-corrected chi connectivity index (χ2v) is 25.0. The Labute approximate surface area is 587 Å². The highest BCUT2D eigenvalue weighted by atomic mass is 19.1. The SMILES string of the molecule is COCCc1[nH]nc2c1c(=O)n(CCCN)c1ccc(F)cc21.Cc1[nH]nc2c1c(=O)n(CCCN)c1ccc(F)cc21.Cc1[nH]nc2c1c(=O)n(CCCO)c1ccc(F)cc21.Cc1[nH]nc2c1c(=O)n(CCN=C(N)N)c1ccccc21.Cc1[nH]nc2c1c(=O)n(C[C@H](C)N)c1ccc(F)cc21. The van der Waals surface area contributed by atoms with E-state index in [0.29, 0.717) is 206 Å². The summed E-state index contributed by atoms with van der Waals surface area (Å²) in [4.78, 5) is 67.3. The van der Waals surface area contributed by atoms with Gasteiger partial charge < -0.3 is 61.3 Å². The zero-order valence-electron chi connectivity index (χ0n) is 57.9. The second-order valence-electron chi connectivity index (χ2n) is 25.0. The zero-order valence-corrected chi connectivity index (χ0v) is 57.9. The van der Waals surface area contributed by atoms with Crippen molar-refractivity contribution in [2.45, 2.75) is 99.1 Å². The van der Waals surface area contributed by atoms with E-state index < -0.39 is 0 Å². The molecule has 5 aromatic carbocycles. The lowest BCUT2D eigenvalue weighted by Crippen LogP contribution is -2.30. The van der Waals surface area contributed by atoms with Crippen LogP contribution in [0.15, 0.2) is 126 Å². The number of nitrogens with zero attached hydrogens (tertiary/aromatic N) is 11. The fourth-order valence-electron chi connectivity index (χ4n) is 13.0. The van der Waals surface area contributed by atoms with Crippen LogP contribution in [-0.2, 0) is 43.9 Å². The number of guanidine groups is 1. The number of ether oxygens (including phenoxy) is 1. The van der Waals surface area contributed by atoms with Crippen molar-refractivity contribution in [2.75, 3.05) is 40.0 Å². The summed E-state index contributed by atoms with van der Waals surface area (Å²) in [5, 5.41) is 50.0. The average molecular weight is 1430 g/mol. The van der Waals surface area contributed by atoms with Gasteiger partial charge >= 0.3 is 0 Å². The van der Waals surface area contributed by atoms with Crippen LogP contribution in [0.4, 0.5) is 17.6 Å². The minimum absolute atomic E-state index is 0.00245. The molecule has 0 aliphatic heterocycles. The van der Waals surface area contributed by atoms with Crippen molar-refractivity contribution in [3.63, 3.8) is 0 Å². The molecule has 15 rings (SSSR count). The molecule has 1 atom stereocenters. The summed E-state index contributed by atoms with van der Waals surface area (Å²) in [6, 6.07) is 24.9. The maximum atomic E-state index is 13.7. The quantitative estimate of drug-likeness (QED) is 0.0247. The van der Waals surface area contributed by atoms with Crippen molar-refractivity contribution in [3.05, 3.63) is 201 Å². The molecule has 0 fully saturated rings. The molecule has 10 heterocycles. The first-order valence-electron chi connectivity index (χ1n) is 33.5. The second kappa shape index (κ2) is 31.7. The predicted molar refractivity (Wildman–Crippen MR) is 397 cm³/mol. The molecule has 32 heteroatoms. The maximum absolute atomic E-state index is 13.7. The average Bonchev–Trinajstić information content (AvgIpc) is 1.73. The monoisotopic (exact) mass is 1430 g/mol. The number of para-hydroxylation sites is 1. The number of benzene rings is 5. The van der Waals surface area contributed by atoms with Gasteiger partial charge in [0.05, 0.1) is 73.4 Å². The highest BCUT2D eigenvalue weighted by molar-refractivity contribution is 6.07. The van der Waals surface area contributed by atoms with Crippen LogP contribution >= 0.6 is 0 Å². The number of hydrogen-bond acceptors (Lipinski definition) is 16. The lowest BCUT2D eigenvalue weighted by molar-refractivity contribution is 0.201. The number of aromatic amines is 5. The van der Waals surface area contributed by atoms with Crippen molar-refractivity contribution in [1.82, 2.24) is 73.8 Å². The third-order valence-corrected chi connectivity index (χ3v) is 17.7. The van der Waals surface area contributed by atoms with E-state index in [9.17, 15) is 41.5 Å². The van der Waals surface area contributed by atoms with Crippen LogP contribution in [0.5, 0.6) is 0 Å². The zero-order chi connectivity index (χ0) is 74.4. The Morgan fingerprint density at radius 2 is 0.817 bits per heavy atom. The molecule has 542 valence electrons. The van der Waals surface area contributed by atoms with Crippen molar-refractivity contribution in [1.29, 1.82) is 0 Å². The normalized spacial score (nSPS) is 11.8. The van der Waals surface area contributed by atoms with E-state index in [2.05, 4.69) is 56.0 Å². The molecule has 104 heavy (non-hydrogen) atoms. The van der Waals surface area contributed by atoms with Gasteiger partial charge in [-0.25, -0.2) is 17.6 Å². The predicted octanol–water partition coefficient (Wildman–Crippen LogP) is 7.07. The molecular formula is C72H79F4N21O7. The third kappa shape index (κ3) is 14.6. The smallest absolute Gasteiger partial charge is 0.262 e. The van der Waals surface area contributed by atoms with Crippen LogP contribution in [0, 0.1) is 51.0 Å². The summed E-state index contributed by atoms with van der Waals surface area (Å²) in [5.41, 5.74) is 36.6. The topological polar surface area (TPSA) is 425 Å². The number of fused-ring (bicyclic) bond motifs is 15. The number of nitrogens with one attached hydrogen (secondary N) is 5. The van der Waals surface area contributed by atoms with Crippen LogP contribution in [-0.4, -0.2) is 131 Å². The first kappa shape index (κ1) is 73.5. The van der Waals surface area contributed by atoms with Crippen LogP contribution in [0.3, 0.4) is 0 Å². The highest BCUT2D eigenvalue weighted by Gasteiger charge is 2.22. The fraction of sp³-hybridized carbons (Fsp3) is 0.292. The maximum Gasteiger partial charge on any atom is 0.262 e. The summed E-state index contributed by atoms with van der Waals surface area (Å²) in [5.74, 6) is -1.40. The number of aryl methyl sites for hydroxylation is 7. The van der Waals surface area contributed by atoms with Gasteiger partial charge in [0, 0.05) is 109 Å². The molecule has 0 saturated heterocycles. The molecule has 0 unspecified atom stereocenters. The van der Waals surface area contributed by atoms with Crippen LogP contribution in [0.1, 0.15) is 54.7 Å². The van der Waals surface area contributed by atoms with E-state index in [4.69, 9.17) is 38.5 Å². The number of halogens is 4. The van der Waals surface area contributed by atoms with Gasteiger partial charge in [-0.3, -0.25) is 54.5 Å². The number of aliphatic hydroxyl groups is 1. The van der Waals surface area contributed by atoms with Crippen molar-refractivity contribution < 1.29 is 27.4 Å². The van der Waals surface area contributed by atoms with E-state index in [0.717, 1.165) is 16.6 Å². The minimum atomic E-state index is -0.369. The number of hydrogen-bond donors (Lipinski definition) is 11. The fourth-order valence-corrected chi connectivity index (χ4v) is 13.0. The van der Waals surface area contributed by atoms with Gasteiger partial charge in [-0.15, -0.1) is 0 Å².